The summed E-state index contributed by atoms with van der Waals surface area (Å²) in [6.45, 7) is 3.02. The summed E-state index contributed by atoms with van der Waals surface area (Å²) in [5, 5.41) is 1.23. The lowest BCUT2D eigenvalue weighted by Gasteiger charge is -2.42. The summed E-state index contributed by atoms with van der Waals surface area (Å²) in [5.74, 6) is -0.500. The van der Waals surface area contributed by atoms with Gasteiger partial charge >= 0.3 is 0 Å². The number of hydrogen-bond acceptors (Lipinski definition) is 1. The molecule has 0 saturated carbocycles. The molecule has 0 N–H and O–H groups in total. The van der Waals surface area contributed by atoms with Gasteiger partial charge in [-0.2, -0.15) is 0 Å². The fraction of sp³-hybridized carbons (Fsp3) is 0.250. The molecule has 0 spiro atoms. The highest BCUT2D eigenvalue weighted by atomic mass is 31.2. The SMILES string of the molecule is CCCCN(P(c1ccccc1F)c1ccccc1F)P1C(c2ccccc2)CCC1c1ccccc1. The molecule has 37 heavy (non-hydrogen) atoms. The summed E-state index contributed by atoms with van der Waals surface area (Å²) in [7, 11) is -2.18. The third-order valence-corrected chi connectivity index (χ3v) is 13.7. The van der Waals surface area contributed by atoms with Gasteiger partial charge in [0.25, 0.3) is 0 Å². The molecule has 1 aliphatic rings. The molecule has 5 rings (SSSR count). The first kappa shape index (κ1) is 26.2. The molecule has 4 aromatic rings. The van der Waals surface area contributed by atoms with Gasteiger partial charge in [0, 0.05) is 36.5 Å². The van der Waals surface area contributed by atoms with Gasteiger partial charge in [-0.05, 0) is 62.7 Å². The van der Waals surface area contributed by atoms with E-state index >= 15 is 8.78 Å². The highest BCUT2D eigenvalue weighted by Crippen LogP contribution is 2.76. The first-order valence-electron chi connectivity index (χ1n) is 13.1. The summed E-state index contributed by atoms with van der Waals surface area (Å²) in [6.07, 6.45) is 4.18. The third kappa shape index (κ3) is 5.70. The van der Waals surface area contributed by atoms with Crippen molar-refractivity contribution in [2.45, 2.75) is 43.9 Å². The van der Waals surface area contributed by atoms with Crippen LogP contribution in [-0.4, -0.2) is 11.0 Å². The third-order valence-electron chi connectivity index (χ3n) is 7.09. The lowest BCUT2D eigenvalue weighted by molar-refractivity contribution is 0.617. The van der Waals surface area contributed by atoms with Gasteiger partial charge in [0.15, 0.2) is 0 Å². The highest BCUT2D eigenvalue weighted by molar-refractivity contribution is 7.79. The minimum Gasteiger partial charge on any atom is -0.251 e. The zero-order chi connectivity index (χ0) is 25.6. The fourth-order valence-electron chi connectivity index (χ4n) is 5.35. The van der Waals surface area contributed by atoms with Crippen LogP contribution in [0.25, 0.3) is 0 Å². The second kappa shape index (κ2) is 12.4. The van der Waals surface area contributed by atoms with Crippen LogP contribution in [-0.2, 0) is 0 Å². The lowest BCUT2D eigenvalue weighted by Crippen LogP contribution is -2.30. The highest BCUT2D eigenvalue weighted by Gasteiger charge is 2.44. The Labute approximate surface area is 222 Å². The standard InChI is InChI=1S/C32H33F2NP2/c1-2-3-24-35(37(31-20-12-10-18-27(31)33)32-21-13-11-19-28(32)34)36-29(25-14-6-4-7-15-25)22-23-30(36)26-16-8-5-9-17-26/h4-21,29-30H,2-3,22-24H2,1H3. The summed E-state index contributed by atoms with van der Waals surface area (Å²) in [6, 6.07) is 35.5. The van der Waals surface area contributed by atoms with Gasteiger partial charge in [0.2, 0.25) is 0 Å². The summed E-state index contributed by atoms with van der Waals surface area (Å²) < 4.78 is 33.6. The van der Waals surface area contributed by atoms with Crippen molar-refractivity contribution in [2.75, 3.05) is 6.54 Å². The van der Waals surface area contributed by atoms with E-state index in [0.717, 1.165) is 32.2 Å². The Morgan fingerprint density at radius 2 is 1.11 bits per heavy atom. The van der Waals surface area contributed by atoms with Crippen LogP contribution >= 0.6 is 16.1 Å². The number of unbranched alkanes of at least 4 members (excludes halogenated alkanes) is 1. The van der Waals surface area contributed by atoms with Crippen LogP contribution in [0.5, 0.6) is 0 Å². The minimum atomic E-state index is -1.40. The first-order valence-corrected chi connectivity index (χ1v) is 15.9. The molecular weight excluding hydrogens is 498 g/mol. The van der Waals surface area contributed by atoms with Crippen LogP contribution in [0.3, 0.4) is 0 Å². The van der Waals surface area contributed by atoms with Crippen molar-refractivity contribution in [3.8, 4) is 0 Å². The monoisotopic (exact) mass is 531 g/mol. The molecule has 5 heteroatoms. The van der Waals surface area contributed by atoms with E-state index in [2.05, 4.69) is 72.0 Å². The predicted molar refractivity (Wildman–Crippen MR) is 155 cm³/mol. The normalized spacial score (nSPS) is 19.5. The quantitative estimate of drug-likeness (QED) is 0.195. The summed E-state index contributed by atoms with van der Waals surface area (Å²) >= 11 is 0. The Kier molecular flexibility index (Phi) is 8.78. The Morgan fingerprint density at radius 1 is 0.676 bits per heavy atom. The molecule has 0 aliphatic carbocycles. The Morgan fingerprint density at radius 3 is 1.54 bits per heavy atom. The number of halogens is 2. The first-order chi connectivity index (χ1) is 18.2. The molecule has 0 amide bonds. The molecule has 4 aromatic carbocycles. The molecular formula is C32H33F2NP2. The average Bonchev–Trinajstić information content (AvgIpc) is 3.38. The fourth-order valence-corrected chi connectivity index (χ4v) is 12.8. The zero-order valence-electron chi connectivity index (χ0n) is 21.2. The van der Waals surface area contributed by atoms with Gasteiger partial charge in [0.05, 0.1) is 0 Å². The number of hydrogen-bond donors (Lipinski definition) is 0. The van der Waals surface area contributed by atoms with Gasteiger partial charge in [-0.3, -0.25) is 4.44 Å². The van der Waals surface area contributed by atoms with E-state index < -0.39 is 16.1 Å². The van der Waals surface area contributed by atoms with Gasteiger partial charge in [-0.15, -0.1) is 0 Å². The van der Waals surface area contributed by atoms with Crippen molar-refractivity contribution in [2.24, 2.45) is 0 Å². The molecule has 0 bridgehead atoms. The minimum absolute atomic E-state index is 0.250. The van der Waals surface area contributed by atoms with Crippen LogP contribution in [0.15, 0.2) is 109 Å². The van der Waals surface area contributed by atoms with Crippen molar-refractivity contribution in [1.29, 1.82) is 0 Å². The van der Waals surface area contributed by atoms with Crippen LogP contribution in [0.1, 0.15) is 55.1 Å². The van der Waals surface area contributed by atoms with E-state index in [0.29, 0.717) is 21.9 Å². The Balaban J connectivity index is 1.70. The molecule has 2 atom stereocenters. The zero-order valence-corrected chi connectivity index (χ0v) is 23.0. The van der Waals surface area contributed by atoms with E-state index in [1.54, 1.807) is 12.1 Å². The molecule has 1 saturated heterocycles. The van der Waals surface area contributed by atoms with Crippen molar-refractivity contribution in [3.63, 3.8) is 0 Å². The summed E-state index contributed by atoms with van der Waals surface area (Å²) in [5.41, 5.74) is 3.37. The number of nitrogens with zero attached hydrogens (tertiary/aromatic N) is 1. The summed E-state index contributed by atoms with van der Waals surface area (Å²) in [4.78, 5) is 0. The van der Waals surface area contributed by atoms with E-state index in [1.807, 2.05) is 24.3 Å². The number of benzene rings is 4. The molecule has 1 aliphatic heterocycles. The molecule has 0 aromatic heterocycles. The van der Waals surface area contributed by atoms with Crippen molar-refractivity contribution < 1.29 is 8.78 Å². The van der Waals surface area contributed by atoms with E-state index in [9.17, 15) is 0 Å². The molecule has 2 unspecified atom stereocenters. The van der Waals surface area contributed by atoms with E-state index in [-0.39, 0.29) is 11.6 Å². The van der Waals surface area contributed by atoms with Crippen LogP contribution in [0.2, 0.25) is 0 Å². The topological polar surface area (TPSA) is 3.24 Å². The predicted octanol–water partition coefficient (Wildman–Crippen LogP) is 9.09. The largest absolute Gasteiger partial charge is 0.251 e. The maximum absolute atomic E-state index is 15.5. The van der Waals surface area contributed by atoms with Crippen LogP contribution in [0.4, 0.5) is 8.78 Å². The molecule has 1 nitrogen and oxygen atoms in total. The van der Waals surface area contributed by atoms with Crippen molar-refractivity contribution in [3.05, 3.63) is 132 Å². The van der Waals surface area contributed by atoms with Crippen LogP contribution < -0.4 is 10.6 Å². The van der Waals surface area contributed by atoms with E-state index in [1.165, 1.54) is 23.3 Å². The lowest BCUT2D eigenvalue weighted by atomic mass is 10.0. The molecule has 190 valence electrons. The maximum Gasteiger partial charge on any atom is 0.132 e. The molecule has 1 fully saturated rings. The average molecular weight is 532 g/mol. The Bertz CT molecular complexity index is 1190. The Hall–Kier alpha value is -2.44. The maximum atomic E-state index is 15.5. The van der Waals surface area contributed by atoms with Gasteiger partial charge < -0.3 is 0 Å². The van der Waals surface area contributed by atoms with Crippen molar-refractivity contribution in [1.82, 2.24) is 4.44 Å². The second-order valence-electron chi connectivity index (χ2n) is 9.47. The smallest absolute Gasteiger partial charge is 0.132 e. The van der Waals surface area contributed by atoms with Gasteiger partial charge in [-0.25, -0.2) is 8.78 Å². The van der Waals surface area contributed by atoms with Gasteiger partial charge in [-0.1, -0.05) is 98.3 Å². The van der Waals surface area contributed by atoms with Crippen LogP contribution in [0, 0.1) is 11.6 Å². The molecule has 1 heterocycles. The second-order valence-corrected chi connectivity index (χ2v) is 14.3. The van der Waals surface area contributed by atoms with E-state index in [4.69, 9.17) is 0 Å². The molecule has 0 radical (unpaired) electrons. The van der Waals surface area contributed by atoms with Gasteiger partial charge in [0.1, 0.15) is 11.6 Å². The van der Waals surface area contributed by atoms with Crippen molar-refractivity contribution >= 4 is 26.8 Å². The number of rotatable bonds is 9.